The average molecular weight is 384 g/mol. The van der Waals surface area contributed by atoms with E-state index >= 15 is 0 Å². The maximum atomic E-state index is 13.9. The van der Waals surface area contributed by atoms with Gasteiger partial charge in [0.05, 0.1) is 20.8 Å². The Kier molecular flexibility index (Phi) is 5.28. The summed E-state index contributed by atoms with van der Waals surface area (Å²) in [5.41, 5.74) is 4.09. The van der Waals surface area contributed by atoms with Crippen LogP contribution in [0.5, 0.6) is 0 Å². The Morgan fingerprint density at radius 2 is 1.72 bits per heavy atom. The zero-order valence-electron chi connectivity index (χ0n) is 13.8. The lowest BCUT2D eigenvalue weighted by atomic mass is 10.2. The van der Waals surface area contributed by atoms with Crippen molar-refractivity contribution >= 4 is 33.0 Å². The fourth-order valence-corrected chi connectivity index (χ4v) is 3.71. The number of halogens is 1. The molecule has 134 valence electrons. The summed E-state index contributed by atoms with van der Waals surface area (Å²) in [6, 6.07) is 4.54. The van der Waals surface area contributed by atoms with Gasteiger partial charge >= 0.3 is 0 Å². The molecule has 2 rings (SSSR count). The normalized spacial score (nSPS) is 11.8. The molecule has 0 aliphatic rings. The molecule has 0 saturated heterocycles. The molecular weight excluding hydrogens is 367 g/mol. The molecule has 0 unspecified atom stereocenters. The molecule has 0 aliphatic heterocycles. The Labute approximate surface area is 149 Å². The molecule has 2 N–H and O–H groups in total. The van der Waals surface area contributed by atoms with Crippen molar-refractivity contribution < 1.29 is 22.4 Å². The molecule has 0 spiro atoms. The van der Waals surface area contributed by atoms with Crippen LogP contribution in [0, 0.1) is 5.82 Å². The third-order valence-electron chi connectivity index (χ3n) is 3.37. The number of hydrogen-bond acceptors (Lipinski definition) is 5. The number of benzene rings is 1. The smallest absolute Gasteiger partial charge is 0.267 e. The van der Waals surface area contributed by atoms with E-state index < -0.39 is 37.8 Å². The Morgan fingerprint density at radius 1 is 1.08 bits per heavy atom. The fraction of sp³-hybridized carbons (Fsp3) is 0.250. The second-order valence-corrected chi connectivity index (χ2v) is 9.66. The van der Waals surface area contributed by atoms with Crippen LogP contribution in [0.25, 0.3) is 0 Å². The minimum atomic E-state index is -3.75. The number of carbonyl (C=O) groups excluding carboxylic acids is 2. The fourth-order valence-electron chi connectivity index (χ4n) is 1.85. The van der Waals surface area contributed by atoms with E-state index in [4.69, 9.17) is 0 Å². The van der Waals surface area contributed by atoms with Crippen molar-refractivity contribution in [2.75, 3.05) is 0 Å². The largest absolute Gasteiger partial charge is 0.272 e. The highest BCUT2D eigenvalue weighted by Gasteiger charge is 2.32. The predicted octanol–water partition coefficient (Wildman–Crippen LogP) is 2.53. The van der Waals surface area contributed by atoms with Gasteiger partial charge in [0.15, 0.2) is 9.84 Å². The minimum Gasteiger partial charge on any atom is -0.267 e. The van der Waals surface area contributed by atoms with Gasteiger partial charge in [-0.15, -0.1) is 0 Å². The van der Waals surface area contributed by atoms with Crippen molar-refractivity contribution in [1.29, 1.82) is 0 Å². The summed E-state index contributed by atoms with van der Waals surface area (Å²) in [5, 5.41) is 3.27. The first-order valence-corrected chi connectivity index (χ1v) is 9.63. The molecule has 0 atom stereocenters. The van der Waals surface area contributed by atoms with E-state index in [2.05, 4.69) is 10.9 Å². The average Bonchev–Trinajstić information content (AvgIpc) is 3.06. The van der Waals surface area contributed by atoms with Gasteiger partial charge in [0.2, 0.25) is 0 Å². The topological polar surface area (TPSA) is 92.3 Å². The van der Waals surface area contributed by atoms with Crippen LogP contribution < -0.4 is 10.9 Å². The molecule has 9 heteroatoms. The summed E-state index contributed by atoms with van der Waals surface area (Å²) in [5.74, 6) is -2.41. The summed E-state index contributed by atoms with van der Waals surface area (Å²) in [6.45, 7) is 4.52. The van der Waals surface area contributed by atoms with Crippen molar-refractivity contribution in [2.45, 2.75) is 30.4 Å². The van der Waals surface area contributed by atoms with Crippen molar-refractivity contribution in [1.82, 2.24) is 10.9 Å². The number of nitrogens with one attached hydrogen (secondary N) is 2. The monoisotopic (exact) mass is 384 g/mol. The van der Waals surface area contributed by atoms with Gasteiger partial charge in [0.1, 0.15) is 5.82 Å². The molecule has 2 aromatic rings. The molecule has 0 fully saturated rings. The molecule has 0 bridgehead atoms. The van der Waals surface area contributed by atoms with Crippen LogP contribution in [0.1, 0.15) is 41.5 Å². The van der Waals surface area contributed by atoms with Crippen LogP contribution in [-0.4, -0.2) is 25.0 Å². The van der Waals surface area contributed by atoms with Crippen LogP contribution >= 0.6 is 11.3 Å². The Hall–Kier alpha value is -2.26. The highest BCUT2D eigenvalue weighted by atomic mass is 32.2. The van der Waals surface area contributed by atoms with Gasteiger partial charge in [-0.1, -0.05) is 0 Å². The number of thiophene rings is 1. The lowest BCUT2D eigenvalue weighted by Crippen LogP contribution is -2.42. The SMILES string of the molecule is CC(C)(C)S(=O)(=O)c1ccc(F)c(C(=O)NNC(=O)c2ccsc2)c1. The molecule has 6 nitrogen and oxygen atoms in total. The third kappa shape index (κ3) is 4.05. The number of amides is 2. The number of hydrogen-bond donors (Lipinski definition) is 2. The van der Waals surface area contributed by atoms with Crippen LogP contribution in [0.15, 0.2) is 39.9 Å². The second-order valence-electron chi connectivity index (χ2n) is 6.18. The van der Waals surface area contributed by atoms with Gasteiger partial charge in [-0.25, -0.2) is 12.8 Å². The van der Waals surface area contributed by atoms with E-state index in [0.717, 1.165) is 18.2 Å². The van der Waals surface area contributed by atoms with Crippen LogP contribution in [0.4, 0.5) is 4.39 Å². The molecule has 0 radical (unpaired) electrons. The lowest BCUT2D eigenvalue weighted by Gasteiger charge is -2.19. The molecule has 1 heterocycles. The van der Waals surface area contributed by atoms with Crippen LogP contribution in [-0.2, 0) is 9.84 Å². The molecule has 1 aromatic heterocycles. The summed E-state index contributed by atoms with van der Waals surface area (Å²) < 4.78 is 37.7. The van der Waals surface area contributed by atoms with Crippen molar-refractivity contribution in [3.63, 3.8) is 0 Å². The Morgan fingerprint density at radius 3 is 2.28 bits per heavy atom. The highest BCUT2D eigenvalue weighted by molar-refractivity contribution is 7.92. The molecule has 25 heavy (non-hydrogen) atoms. The molecule has 1 aromatic carbocycles. The molecular formula is C16H17FN2O4S2. The van der Waals surface area contributed by atoms with E-state index in [9.17, 15) is 22.4 Å². The zero-order valence-corrected chi connectivity index (χ0v) is 15.4. The van der Waals surface area contributed by atoms with E-state index in [1.807, 2.05) is 0 Å². The van der Waals surface area contributed by atoms with Gasteiger partial charge in [-0.05, 0) is 50.4 Å². The van der Waals surface area contributed by atoms with E-state index in [1.54, 1.807) is 16.8 Å². The lowest BCUT2D eigenvalue weighted by molar-refractivity contribution is 0.0844. The van der Waals surface area contributed by atoms with E-state index in [1.165, 1.54) is 32.1 Å². The molecule has 0 saturated carbocycles. The van der Waals surface area contributed by atoms with Gasteiger partial charge in [0, 0.05) is 5.38 Å². The predicted molar refractivity (Wildman–Crippen MR) is 92.6 cm³/mol. The number of hydrazine groups is 1. The quantitative estimate of drug-likeness (QED) is 0.628. The first-order valence-electron chi connectivity index (χ1n) is 7.21. The first kappa shape index (κ1) is 19.1. The molecule has 2 amide bonds. The minimum absolute atomic E-state index is 0.171. The number of rotatable bonds is 3. The summed E-state index contributed by atoms with van der Waals surface area (Å²) in [6.07, 6.45) is 0. The van der Waals surface area contributed by atoms with Crippen molar-refractivity contribution in [3.05, 3.63) is 52.0 Å². The maximum absolute atomic E-state index is 13.9. The van der Waals surface area contributed by atoms with E-state index in [0.29, 0.717) is 5.56 Å². The third-order valence-corrected chi connectivity index (χ3v) is 6.54. The van der Waals surface area contributed by atoms with Crippen molar-refractivity contribution in [3.8, 4) is 0 Å². The Balaban J connectivity index is 2.23. The number of carbonyl (C=O) groups is 2. The first-order chi connectivity index (χ1) is 11.5. The van der Waals surface area contributed by atoms with Gasteiger partial charge in [-0.2, -0.15) is 11.3 Å². The van der Waals surface area contributed by atoms with E-state index in [-0.39, 0.29) is 4.90 Å². The van der Waals surface area contributed by atoms with Crippen molar-refractivity contribution in [2.24, 2.45) is 0 Å². The van der Waals surface area contributed by atoms with Crippen LogP contribution in [0.3, 0.4) is 0 Å². The second kappa shape index (κ2) is 6.93. The summed E-state index contributed by atoms with van der Waals surface area (Å²) in [4.78, 5) is 23.7. The standard InChI is InChI=1S/C16H17FN2O4S2/c1-16(2,3)25(22,23)11-4-5-13(17)12(8-11)15(21)19-18-14(20)10-6-7-24-9-10/h4-9H,1-3H3,(H,18,20)(H,19,21). The summed E-state index contributed by atoms with van der Waals surface area (Å²) >= 11 is 1.31. The zero-order chi connectivity index (χ0) is 18.8. The number of sulfone groups is 1. The Bertz CT molecular complexity index is 901. The molecule has 0 aliphatic carbocycles. The van der Waals surface area contributed by atoms with Gasteiger partial charge in [0.25, 0.3) is 11.8 Å². The highest BCUT2D eigenvalue weighted by Crippen LogP contribution is 2.26. The van der Waals surface area contributed by atoms with Crippen LogP contribution in [0.2, 0.25) is 0 Å². The van der Waals surface area contributed by atoms with Gasteiger partial charge < -0.3 is 0 Å². The maximum Gasteiger partial charge on any atom is 0.272 e. The summed E-state index contributed by atoms with van der Waals surface area (Å²) in [7, 11) is -3.75. The van der Waals surface area contributed by atoms with Gasteiger partial charge in [-0.3, -0.25) is 20.4 Å².